The van der Waals surface area contributed by atoms with Gasteiger partial charge in [0.15, 0.2) is 0 Å². The fraction of sp³-hybridized carbons (Fsp3) is 0.200. The van der Waals surface area contributed by atoms with E-state index in [1.807, 2.05) is 43.5 Å². The van der Waals surface area contributed by atoms with Crippen LogP contribution in [0.1, 0.15) is 24.3 Å². The predicted molar refractivity (Wildman–Crippen MR) is 77.6 cm³/mol. The number of fused-ring (bicyclic) bond motifs is 1. The number of thiophene rings is 1. The van der Waals surface area contributed by atoms with Crippen molar-refractivity contribution in [1.82, 2.24) is 0 Å². The SMILES string of the molecule is CC1(C)OC(=O)Nc2ccc(-c3ccsc3C#N)cc21. The first-order valence-electron chi connectivity index (χ1n) is 6.14. The zero-order chi connectivity index (χ0) is 14.3. The lowest BCUT2D eigenvalue weighted by Gasteiger charge is -2.32. The van der Waals surface area contributed by atoms with Crippen molar-refractivity contribution >= 4 is 23.1 Å². The van der Waals surface area contributed by atoms with Crippen molar-refractivity contribution in [2.75, 3.05) is 5.32 Å². The molecule has 5 heteroatoms. The Morgan fingerprint density at radius 1 is 1.35 bits per heavy atom. The van der Waals surface area contributed by atoms with E-state index in [1.54, 1.807) is 0 Å². The fourth-order valence-electron chi connectivity index (χ4n) is 2.36. The highest BCUT2D eigenvalue weighted by molar-refractivity contribution is 7.11. The highest BCUT2D eigenvalue weighted by Gasteiger charge is 2.33. The molecule has 0 bridgehead atoms. The minimum absolute atomic E-state index is 0.441. The molecule has 0 unspecified atom stereocenters. The van der Waals surface area contributed by atoms with E-state index in [4.69, 9.17) is 10.00 Å². The van der Waals surface area contributed by atoms with Crippen LogP contribution in [-0.2, 0) is 10.3 Å². The molecule has 0 radical (unpaired) electrons. The first-order chi connectivity index (χ1) is 9.51. The zero-order valence-corrected chi connectivity index (χ0v) is 11.9. The van der Waals surface area contributed by atoms with Gasteiger partial charge in [0.1, 0.15) is 16.5 Å². The van der Waals surface area contributed by atoms with Crippen molar-refractivity contribution in [1.29, 1.82) is 5.26 Å². The van der Waals surface area contributed by atoms with Crippen molar-refractivity contribution in [2.45, 2.75) is 19.4 Å². The second kappa shape index (κ2) is 4.36. The summed E-state index contributed by atoms with van der Waals surface area (Å²) in [4.78, 5) is 12.2. The van der Waals surface area contributed by atoms with Crippen LogP contribution in [0.2, 0.25) is 0 Å². The Morgan fingerprint density at radius 3 is 2.90 bits per heavy atom. The van der Waals surface area contributed by atoms with Crippen LogP contribution in [0.5, 0.6) is 0 Å². The van der Waals surface area contributed by atoms with Crippen LogP contribution < -0.4 is 5.32 Å². The molecule has 1 aliphatic rings. The largest absolute Gasteiger partial charge is 0.438 e. The van der Waals surface area contributed by atoms with Crippen molar-refractivity contribution in [3.05, 3.63) is 40.1 Å². The van der Waals surface area contributed by atoms with E-state index in [0.29, 0.717) is 4.88 Å². The van der Waals surface area contributed by atoms with Crippen molar-refractivity contribution in [2.24, 2.45) is 0 Å². The molecule has 4 nitrogen and oxygen atoms in total. The summed E-state index contributed by atoms with van der Waals surface area (Å²) in [5, 5.41) is 13.7. The number of hydrogen-bond acceptors (Lipinski definition) is 4. The van der Waals surface area contributed by atoms with E-state index in [1.165, 1.54) is 11.3 Å². The first kappa shape index (κ1) is 12.7. The van der Waals surface area contributed by atoms with E-state index in [-0.39, 0.29) is 0 Å². The Hall–Kier alpha value is -2.32. The normalized spacial score (nSPS) is 15.8. The lowest BCUT2D eigenvalue weighted by atomic mass is 9.91. The standard InChI is InChI=1S/C15H12N2O2S/c1-15(2)11-7-9(10-5-6-20-13(10)8-16)3-4-12(11)17-14(18)19-15/h3-7H,1-2H3,(H,17,18). The number of rotatable bonds is 1. The monoisotopic (exact) mass is 284 g/mol. The van der Waals surface area contributed by atoms with E-state index in [0.717, 1.165) is 22.4 Å². The Bertz CT molecular complexity index is 741. The topological polar surface area (TPSA) is 62.1 Å². The predicted octanol–water partition coefficient (Wildman–Crippen LogP) is 4.08. The molecule has 1 aromatic heterocycles. The van der Waals surface area contributed by atoms with Crippen molar-refractivity contribution in [3.8, 4) is 17.2 Å². The molecule has 0 saturated carbocycles. The van der Waals surface area contributed by atoms with Gasteiger partial charge in [-0.25, -0.2) is 4.79 Å². The summed E-state index contributed by atoms with van der Waals surface area (Å²) in [5.74, 6) is 0. The van der Waals surface area contributed by atoms with Crippen molar-refractivity contribution < 1.29 is 9.53 Å². The van der Waals surface area contributed by atoms with Gasteiger partial charge in [-0.1, -0.05) is 6.07 Å². The van der Waals surface area contributed by atoms with E-state index >= 15 is 0 Å². The van der Waals surface area contributed by atoms with Crippen LogP contribution in [0.25, 0.3) is 11.1 Å². The maximum Gasteiger partial charge on any atom is 0.412 e. The van der Waals surface area contributed by atoms with Gasteiger partial charge in [-0.2, -0.15) is 5.26 Å². The fourth-order valence-corrected chi connectivity index (χ4v) is 3.07. The number of benzene rings is 1. The van der Waals surface area contributed by atoms with Gasteiger partial charge in [0, 0.05) is 11.1 Å². The highest BCUT2D eigenvalue weighted by atomic mass is 32.1. The molecule has 0 aliphatic carbocycles. The number of ether oxygens (including phenoxy) is 1. The number of carbonyl (C=O) groups is 1. The van der Waals surface area contributed by atoms with Gasteiger partial charge >= 0.3 is 6.09 Å². The Kier molecular flexibility index (Phi) is 2.77. The van der Waals surface area contributed by atoms with Crippen LogP contribution in [0.15, 0.2) is 29.6 Å². The number of nitrogens with zero attached hydrogens (tertiary/aromatic N) is 1. The lowest BCUT2D eigenvalue weighted by molar-refractivity contribution is 0.0421. The summed E-state index contributed by atoms with van der Waals surface area (Å²) >= 11 is 1.42. The lowest BCUT2D eigenvalue weighted by Crippen LogP contribution is -2.34. The Morgan fingerprint density at radius 2 is 2.15 bits per heavy atom. The van der Waals surface area contributed by atoms with Crippen LogP contribution in [0, 0.1) is 11.3 Å². The number of nitrogens with one attached hydrogen (secondary N) is 1. The Balaban J connectivity index is 2.15. The maximum absolute atomic E-state index is 11.5. The van der Waals surface area contributed by atoms with Crippen LogP contribution in [0.4, 0.5) is 10.5 Å². The third kappa shape index (κ3) is 1.95. The van der Waals surface area contributed by atoms with E-state index in [9.17, 15) is 4.79 Å². The maximum atomic E-state index is 11.5. The summed E-state index contributed by atoms with van der Waals surface area (Å²) in [6.45, 7) is 3.71. The third-order valence-electron chi connectivity index (χ3n) is 3.33. The molecular formula is C15H12N2O2S. The summed E-state index contributed by atoms with van der Waals surface area (Å²) in [6, 6.07) is 9.86. The van der Waals surface area contributed by atoms with Crippen molar-refractivity contribution in [3.63, 3.8) is 0 Å². The summed E-state index contributed by atoms with van der Waals surface area (Å²) < 4.78 is 5.32. The molecule has 3 rings (SSSR count). The molecule has 1 amide bonds. The molecule has 20 heavy (non-hydrogen) atoms. The van der Waals surface area contributed by atoms with Gasteiger partial charge in [-0.15, -0.1) is 11.3 Å². The molecule has 2 heterocycles. The van der Waals surface area contributed by atoms with Crippen LogP contribution in [0.3, 0.4) is 0 Å². The molecule has 1 aromatic carbocycles. The molecule has 2 aromatic rings. The van der Waals surface area contributed by atoms with Gasteiger partial charge in [-0.3, -0.25) is 5.32 Å². The quantitative estimate of drug-likeness (QED) is 0.858. The number of anilines is 1. The summed E-state index contributed by atoms with van der Waals surface area (Å²) in [7, 11) is 0. The summed E-state index contributed by atoms with van der Waals surface area (Å²) in [5.41, 5.74) is 2.84. The van der Waals surface area contributed by atoms with Gasteiger partial charge < -0.3 is 4.74 Å². The molecule has 0 spiro atoms. The number of amides is 1. The van der Waals surface area contributed by atoms with Gasteiger partial charge in [0.05, 0.1) is 5.69 Å². The summed E-state index contributed by atoms with van der Waals surface area (Å²) in [6.07, 6.45) is -0.441. The second-order valence-electron chi connectivity index (χ2n) is 5.06. The number of nitriles is 1. The average molecular weight is 284 g/mol. The van der Waals surface area contributed by atoms with E-state index in [2.05, 4.69) is 11.4 Å². The molecule has 100 valence electrons. The minimum atomic E-state index is -0.684. The van der Waals surface area contributed by atoms with E-state index < -0.39 is 11.7 Å². The van der Waals surface area contributed by atoms with Gasteiger partial charge in [-0.05, 0) is 43.0 Å². The average Bonchev–Trinajstić information content (AvgIpc) is 2.85. The minimum Gasteiger partial charge on any atom is -0.438 e. The number of cyclic esters (lactones) is 1. The van der Waals surface area contributed by atoms with Gasteiger partial charge in [0.2, 0.25) is 0 Å². The third-order valence-corrected chi connectivity index (χ3v) is 4.15. The van der Waals surface area contributed by atoms with Gasteiger partial charge in [0.25, 0.3) is 0 Å². The molecule has 0 saturated heterocycles. The Labute approximate surface area is 120 Å². The van der Waals surface area contributed by atoms with Crippen LogP contribution in [-0.4, -0.2) is 6.09 Å². The highest BCUT2D eigenvalue weighted by Crippen LogP contribution is 2.39. The first-order valence-corrected chi connectivity index (χ1v) is 7.02. The molecular weight excluding hydrogens is 272 g/mol. The second-order valence-corrected chi connectivity index (χ2v) is 5.98. The molecule has 0 atom stereocenters. The smallest absolute Gasteiger partial charge is 0.412 e. The molecule has 1 N–H and O–H groups in total. The number of hydrogen-bond donors (Lipinski definition) is 1. The zero-order valence-electron chi connectivity index (χ0n) is 11.1. The number of carbonyl (C=O) groups excluding carboxylic acids is 1. The van der Waals surface area contributed by atoms with Crippen LogP contribution >= 0.6 is 11.3 Å². The molecule has 0 fully saturated rings. The molecule has 1 aliphatic heterocycles.